The molecule has 184 valence electrons. The number of likely N-dealkylation sites (tertiary alicyclic amines) is 1. The summed E-state index contributed by atoms with van der Waals surface area (Å²) in [6.45, 7) is 7.90. The molecule has 3 aliphatic rings. The second kappa shape index (κ2) is 10.7. The number of allylic oxidation sites excluding steroid dienone is 3. The number of hydrogen-bond acceptors (Lipinski definition) is 4. The third-order valence-electron chi connectivity index (χ3n) is 7.64. The number of fused-ring (bicyclic) bond motifs is 1. The van der Waals surface area contributed by atoms with Crippen molar-refractivity contribution in [3.8, 4) is 11.1 Å². The van der Waals surface area contributed by atoms with E-state index in [1.807, 2.05) is 30.8 Å². The highest BCUT2D eigenvalue weighted by atomic mass is 32.2. The summed E-state index contributed by atoms with van der Waals surface area (Å²) in [6, 6.07) is 9.16. The quantitative estimate of drug-likeness (QED) is 0.356. The van der Waals surface area contributed by atoms with Crippen molar-refractivity contribution < 1.29 is 0 Å². The van der Waals surface area contributed by atoms with Gasteiger partial charge in [0.2, 0.25) is 0 Å². The standard InChI is InChI=1S/C28H32N4S.C2H6/c1-33-25-6-4-5-23(15-25)26-18-30-32-19-24(17-29-27(26)32)22-9-7-21(8-10-22)16-28(11-12-28)20-31-13-2-3-14-31;1-2/h4,6-10,15,17-19,23H,2-3,5,11-14,16,20H2,1H3;1-2H3. The number of thioether (sulfide) groups is 1. The van der Waals surface area contributed by atoms with E-state index in [9.17, 15) is 0 Å². The Morgan fingerprint density at radius 3 is 2.51 bits per heavy atom. The van der Waals surface area contributed by atoms with Crippen LogP contribution >= 0.6 is 11.8 Å². The molecule has 0 spiro atoms. The topological polar surface area (TPSA) is 33.4 Å². The first-order valence-electron chi connectivity index (χ1n) is 13.3. The van der Waals surface area contributed by atoms with Gasteiger partial charge in [0.15, 0.2) is 5.65 Å². The number of benzene rings is 1. The fourth-order valence-electron chi connectivity index (χ4n) is 5.54. The summed E-state index contributed by atoms with van der Waals surface area (Å²) in [5.41, 5.74) is 6.50. The average molecular weight is 487 g/mol. The molecule has 1 aliphatic heterocycles. The van der Waals surface area contributed by atoms with Gasteiger partial charge in [0.05, 0.1) is 6.20 Å². The zero-order chi connectivity index (χ0) is 24.3. The lowest BCUT2D eigenvalue weighted by molar-refractivity contribution is 0.262. The molecule has 6 rings (SSSR count). The molecule has 0 radical (unpaired) electrons. The van der Waals surface area contributed by atoms with E-state index in [2.05, 4.69) is 64.9 Å². The zero-order valence-corrected chi connectivity index (χ0v) is 22.2. The second-order valence-corrected chi connectivity index (χ2v) is 11.0. The van der Waals surface area contributed by atoms with Gasteiger partial charge >= 0.3 is 0 Å². The zero-order valence-electron chi connectivity index (χ0n) is 21.4. The first-order valence-corrected chi connectivity index (χ1v) is 14.5. The lowest BCUT2D eigenvalue weighted by atomic mass is 9.94. The first kappa shape index (κ1) is 24.3. The van der Waals surface area contributed by atoms with Crippen LogP contribution in [0.1, 0.15) is 63.0 Å². The molecule has 2 aliphatic carbocycles. The highest BCUT2D eigenvalue weighted by Gasteiger charge is 2.43. The van der Waals surface area contributed by atoms with Crippen LogP contribution in [0, 0.1) is 5.41 Å². The van der Waals surface area contributed by atoms with Crippen molar-refractivity contribution in [2.75, 3.05) is 25.9 Å². The van der Waals surface area contributed by atoms with Gasteiger partial charge in [0.25, 0.3) is 0 Å². The van der Waals surface area contributed by atoms with Gasteiger partial charge in [-0.25, -0.2) is 9.50 Å². The third kappa shape index (κ3) is 5.41. The summed E-state index contributed by atoms with van der Waals surface area (Å²) < 4.78 is 1.94. The minimum absolute atomic E-state index is 0.350. The van der Waals surface area contributed by atoms with Crippen LogP contribution < -0.4 is 0 Å². The van der Waals surface area contributed by atoms with Gasteiger partial charge in [-0.3, -0.25) is 0 Å². The maximum absolute atomic E-state index is 4.83. The van der Waals surface area contributed by atoms with E-state index in [0.29, 0.717) is 11.3 Å². The number of aromatic nitrogens is 3. The van der Waals surface area contributed by atoms with Crippen LogP contribution in [0.25, 0.3) is 16.8 Å². The van der Waals surface area contributed by atoms with Crippen LogP contribution in [-0.2, 0) is 6.42 Å². The fraction of sp³-hybridized carbons (Fsp3) is 0.467. The predicted octanol–water partition coefficient (Wildman–Crippen LogP) is 7.13. The van der Waals surface area contributed by atoms with E-state index in [4.69, 9.17) is 4.98 Å². The Balaban J connectivity index is 0.00000124. The highest BCUT2D eigenvalue weighted by molar-refractivity contribution is 8.02. The van der Waals surface area contributed by atoms with Crippen molar-refractivity contribution in [1.82, 2.24) is 19.5 Å². The largest absolute Gasteiger partial charge is 0.303 e. The molecule has 35 heavy (non-hydrogen) atoms. The summed E-state index contributed by atoms with van der Waals surface area (Å²) >= 11 is 1.79. The van der Waals surface area contributed by atoms with Gasteiger partial charge in [-0.1, -0.05) is 56.3 Å². The molecule has 1 unspecified atom stereocenters. The smallest absolute Gasteiger partial charge is 0.158 e. The van der Waals surface area contributed by atoms with Gasteiger partial charge in [-0.2, -0.15) is 5.10 Å². The second-order valence-electron chi connectivity index (χ2n) is 10.1. The van der Waals surface area contributed by atoms with Crippen LogP contribution in [0.3, 0.4) is 0 Å². The van der Waals surface area contributed by atoms with Gasteiger partial charge in [-0.05, 0) is 74.4 Å². The van der Waals surface area contributed by atoms with E-state index in [1.54, 1.807) is 11.8 Å². The van der Waals surface area contributed by atoms with Crippen LogP contribution in [0.2, 0.25) is 0 Å². The molecule has 0 N–H and O–H groups in total. The summed E-state index contributed by atoms with van der Waals surface area (Å²) in [5, 5.41) is 4.64. The molecule has 2 fully saturated rings. The van der Waals surface area contributed by atoms with E-state index >= 15 is 0 Å². The van der Waals surface area contributed by atoms with Crippen molar-refractivity contribution in [1.29, 1.82) is 0 Å². The Kier molecular flexibility index (Phi) is 7.45. The number of nitrogens with zero attached hydrogens (tertiary/aromatic N) is 4. The average Bonchev–Trinajstić information content (AvgIpc) is 3.28. The SMILES string of the molecule is CC.CSC1=CC(c2cnn3cc(-c4ccc(CC5(CN6CCCC6)CC5)cc4)cnc23)CC=C1. The lowest BCUT2D eigenvalue weighted by Crippen LogP contribution is -2.28. The maximum Gasteiger partial charge on any atom is 0.158 e. The molecule has 5 heteroatoms. The van der Waals surface area contributed by atoms with Gasteiger partial charge in [-0.15, -0.1) is 11.8 Å². The molecular weight excluding hydrogens is 448 g/mol. The van der Waals surface area contributed by atoms with Crippen LogP contribution in [0.4, 0.5) is 0 Å². The van der Waals surface area contributed by atoms with Crippen molar-refractivity contribution in [3.05, 3.63) is 77.1 Å². The lowest BCUT2D eigenvalue weighted by Gasteiger charge is -2.23. The van der Waals surface area contributed by atoms with Crippen molar-refractivity contribution in [3.63, 3.8) is 0 Å². The molecule has 3 heterocycles. The summed E-state index contributed by atoms with van der Waals surface area (Å²) in [5.74, 6) is 0.350. The first-order chi connectivity index (χ1) is 17.2. The normalized spacial score (nSPS) is 21.0. The molecule has 0 bridgehead atoms. The van der Waals surface area contributed by atoms with Crippen molar-refractivity contribution in [2.24, 2.45) is 5.41 Å². The predicted molar refractivity (Wildman–Crippen MR) is 149 cm³/mol. The Morgan fingerprint density at radius 2 is 1.80 bits per heavy atom. The molecule has 1 saturated carbocycles. The Morgan fingerprint density at radius 1 is 1.03 bits per heavy atom. The molecule has 0 amide bonds. The van der Waals surface area contributed by atoms with Crippen molar-refractivity contribution >= 4 is 17.4 Å². The highest BCUT2D eigenvalue weighted by Crippen LogP contribution is 2.49. The van der Waals surface area contributed by atoms with Gasteiger partial charge in [0.1, 0.15) is 0 Å². The Labute approximate surface area is 214 Å². The van der Waals surface area contributed by atoms with Crippen LogP contribution in [-0.4, -0.2) is 45.4 Å². The maximum atomic E-state index is 4.83. The van der Waals surface area contributed by atoms with E-state index in [1.165, 1.54) is 73.3 Å². The van der Waals surface area contributed by atoms with E-state index < -0.39 is 0 Å². The molecular formula is C30H38N4S. The minimum atomic E-state index is 0.350. The number of hydrogen-bond donors (Lipinski definition) is 0. The Bertz CT molecular complexity index is 1200. The van der Waals surface area contributed by atoms with E-state index in [0.717, 1.165) is 17.6 Å². The molecule has 1 atom stereocenters. The molecule has 1 saturated heterocycles. The van der Waals surface area contributed by atoms with E-state index in [-0.39, 0.29) is 0 Å². The molecule has 2 aromatic heterocycles. The van der Waals surface area contributed by atoms with Gasteiger partial charge < -0.3 is 4.90 Å². The summed E-state index contributed by atoms with van der Waals surface area (Å²) in [6.07, 6.45) is 22.8. The Hall–Kier alpha value is -2.37. The van der Waals surface area contributed by atoms with Crippen molar-refractivity contribution in [2.45, 2.75) is 58.3 Å². The summed E-state index contributed by atoms with van der Waals surface area (Å²) in [7, 11) is 0. The van der Waals surface area contributed by atoms with Gasteiger partial charge in [0, 0.05) is 40.9 Å². The molecule has 1 aromatic carbocycles. The summed E-state index contributed by atoms with van der Waals surface area (Å²) in [4.78, 5) is 8.83. The monoisotopic (exact) mass is 486 g/mol. The minimum Gasteiger partial charge on any atom is -0.303 e. The fourth-order valence-corrected chi connectivity index (χ4v) is 6.07. The van der Waals surface area contributed by atoms with Crippen LogP contribution in [0.15, 0.2) is 66.0 Å². The third-order valence-corrected chi connectivity index (χ3v) is 8.38. The molecule has 4 nitrogen and oxygen atoms in total. The van der Waals surface area contributed by atoms with Crippen LogP contribution in [0.5, 0.6) is 0 Å². The molecule has 3 aromatic rings. The number of rotatable bonds is 7.